The first kappa shape index (κ1) is 16.8. The van der Waals surface area contributed by atoms with Gasteiger partial charge >= 0.3 is 11.9 Å². The predicted octanol–water partition coefficient (Wildman–Crippen LogP) is 2.59. The van der Waals surface area contributed by atoms with Gasteiger partial charge in [-0.15, -0.1) is 0 Å². The summed E-state index contributed by atoms with van der Waals surface area (Å²) in [5.41, 5.74) is 0.531. The smallest absolute Gasteiger partial charge is 0.345 e. The summed E-state index contributed by atoms with van der Waals surface area (Å²) < 4.78 is 14.7. The summed E-state index contributed by atoms with van der Waals surface area (Å²) in [6, 6.07) is 7.08. The molecule has 21 heavy (non-hydrogen) atoms. The normalized spacial score (nSPS) is 9.67. The van der Waals surface area contributed by atoms with E-state index in [1.165, 1.54) is 20.3 Å². The van der Waals surface area contributed by atoms with Gasteiger partial charge in [0.2, 0.25) is 0 Å². The number of ether oxygens (including phenoxy) is 3. The molecule has 1 rings (SSSR count). The van der Waals surface area contributed by atoms with Crippen molar-refractivity contribution < 1.29 is 23.8 Å². The summed E-state index contributed by atoms with van der Waals surface area (Å²) in [7, 11) is 2.42. The Bertz CT molecular complexity index is 484. The van der Waals surface area contributed by atoms with Crippen molar-refractivity contribution in [3.63, 3.8) is 0 Å². The number of esters is 2. The molecule has 0 aliphatic heterocycles. The van der Waals surface area contributed by atoms with Gasteiger partial charge in [-0.3, -0.25) is 0 Å². The van der Waals surface area contributed by atoms with Crippen LogP contribution in [0.15, 0.2) is 29.8 Å². The van der Waals surface area contributed by atoms with Gasteiger partial charge in [0.25, 0.3) is 0 Å². The van der Waals surface area contributed by atoms with Crippen molar-refractivity contribution in [3.8, 4) is 5.75 Å². The largest absolute Gasteiger partial charge is 0.494 e. The van der Waals surface area contributed by atoms with E-state index in [0.717, 1.165) is 18.6 Å². The topological polar surface area (TPSA) is 61.8 Å². The number of rotatable bonds is 7. The average molecular weight is 292 g/mol. The zero-order valence-corrected chi connectivity index (χ0v) is 12.5. The Balaban J connectivity index is 2.85. The molecular formula is C16H20O5. The molecule has 5 heteroatoms. The molecule has 0 radical (unpaired) electrons. The summed E-state index contributed by atoms with van der Waals surface area (Å²) in [5.74, 6) is -0.714. The molecule has 0 saturated carbocycles. The van der Waals surface area contributed by atoms with Crippen molar-refractivity contribution in [2.45, 2.75) is 19.8 Å². The maximum absolute atomic E-state index is 11.5. The fraction of sp³-hybridized carbons (Fsp3) is 0.375. The summed E-state index contributed by atoms with van der Waals surface area (Å²) in [4.78, 5) is 23.1. The van der Waals surface area contributed by atoms with Gasteiger partial charge in [-0.25, -0.2) is 9.59 Å². The van der Waals surface area contributed by atoms with Gasteiger partial charge in [-0.05, 0) is 30.2 Å². The highest BCUT2D eigenvalue weighted by Crippen LogP contribution is 2.16. The van der Waals surface area contributed by atoms with Gasteiger partial charge < -0.3 is 14.2 Å². The summed E-state index contributed by atoms with van der Waals surface area (Å²) in [5, 5.41) is 0. The van der Waals surface area contributed by atoms with E-state index in [4.69, 9.17) is 4.74 Å². The van der Waals surface area contributed by atoms with Crippen molar-refractivity contribution in [2.75, 3.05) is 20.8 Å². The molecule has 0 atom stereocenters. The molecule has 0 aliphatic carbocycles. The number of carbonyl (C=O) groups is 2. The van der Waals surface area contributed by atoms with Crippen molar-refractivity contribution in [2.24, 2.45) is 0 Å². The number of hydrogen-bond donors (Lipinski definition) is 0. The van der Waals surface area contributed by atoms with Gasteiger partial charge in [-0.1, -0.05) is 25.5 Å². The molecule has 0 fully saturated rings. The first-order valence-corrected chi connectivity index (χ1v) is 6.73. The Labute approximate surface area is 124 Å². The first-order valence-electron chi connectivity index (χ1n) is 6.73. The fourth-order valence-corrected chi connectivity index (χ4v) is 1.58. The van der Waals surface area contributed by atoms with E-state index < -0.39 is 11.9 Å². The van der Waals surface area contributed by atoms with Crippen molar-refractivity contribution in [1.82, 2.24) is 0 Å². The summed E-state index contributed by atoms with van der Waals surface area (Å²) in [6.45, 7) is 2.76. The van der Waals surface area contributed by atoms with E-state index in [1.54, 1.807) is 24.3 Å². The minimum Gasteiger partial charge on any atom is -0.494 e. The quantitative estimate of drug-likeness (QED) is 0.254. The molecule has 0 aliphatic rings. The number of hydrogen-bond acceptors (Lipinski definition) is 5. The van der Waals surface area contributed by atoms with Crippen LogP contribution in [-0.2, 0) is 19.1 Å². The molecule has 0 heterocycles. The van der Waals surface area contributed by atoms with E-state index in [-0.39, 0.29) is 5.57 Å². The van der Waals surface area contributed by atoms with Crippen LogP contribution in [0.2, 0.25) is 0 Å². The Morgan fingerprint density at radius 2 is 1.62 bits per heavy atom. The highest BCUT2D eigenvalue weighted by atomic mass is 16.5. The lowest BCUT2D eigenvalue weighted by Crippen LogP contribution is -2.15. The third kappa shape index (κ3) is 5.30. The highest BCUT2D eigenvalue weighted by Gasteiger charge is 2.19. The van der Waals surface area contributed by atoms with Crippen LogP contribution < -0.4 is 4.74 Å². The van der Waals surface area contributed by atoms with Crippen molar-refractivity contribution in [3.05, 3.63) is 35.4 Å². The predicted molar refractivity (Wildman–Crippen MR) is 78.9 cm³/mol. The van der Waals surface area contributed by atoms with Crippen LogP contribution in [0.3, 0.4) is 0 Å². The summed E-state index contributed by atoms with van der Waals surface area (Å²) >= 11 is 0. The summed E-state index contributed by atoms with van der Waals surface area (Å²) in [6.07, 6.45) is 3.49. The fourth-order valence-electron chi connectivity index (χ4n) is 1.58. The van der Waals surface area contributed by atoms with Gasteiger partial charge in [0.05, 0.1) is 20.8 Å². The number of benzene rings is 1. The molecule has 0 bridgehead atoms. The number of carbonyl (C=O) groups excluding carboxylic acids is 2. The Morgan fingerprint density at radius 1 is 1.05 bits per heavy atom. The molecule has 0 saturated heterocycles. The van der Waals surface area contributed by atoms with Crippen LogP contribution in [0.25, 0.3) is 6.08 Å². The lowest BCUT2D eigenvalue weighted by atomic mass is 10.1. The molecule has 0 aromatic heterocycles. The molecular weight excluding hydrogens is 272 g/mol. The zero-order chi connectivity index (χ0) is 15.7. The molecule has 1 aromatic rings. The zero-order valence-electron chi connectivity index (χ0n) is 12.5. The monoisotopic (exact) mass is 292 g/mol. The molecule has 0 unspecified atom stereocenters. The van der Waals surface area contributed by atoms with Crippen molar-refractivity contribution in [1.29, 1.82) is 0 Å². The number of methoxy groups -OCH3 is 2. The van der Waals surface area contributed by atoms with E-state index in [1.807, 2.05) is 0 Å². The molecule has 114 valence electrons. The van der Waals surface area contributed by atoms with Gasteiger partial charge in [-0.2, -0.15) is 0 Å². The number of unbranched alkanes of at least 4 members (excludes halogenated alkanes) is 1. The van der Waals surface area contributed by atoms with Crippen LogP contribution in [0.5, 0.6) is 5.75 Å². The highest BCUT2D eigenvalue weighted by molar-refractivity contribution is 6.17. The van der Waals surface area contributed by atoms with Crippen LogP contribution in [0.1, 0.15) is 25.3 Å². The van der Waals surface area contributed by atoms with E-state index in [9.17, 15) is 9.59 Å². The minimum atomic E-state index is -0.731. The maximum Gasteiger partial charge on any atom is 0.345 e. The second kappa shape index (κ2) is 8.79. The van der Waals surface area contributed by atoms with E-state index in [2.05, 4.69) is 16.4 Å². The maximum atomic E-state index is 11.5. The Kier molecular flexibility index (Phi) is 7.01. The second-order valence-corrected chi connectivity index (χ2v) is 4.31. The molecule has 5 nitrogen and oxygen atoms in total. The lowest BCUT2D eigenvalue weighted by molar-refractivity contribution is -0.143. The second-order valence-electron chi connectivity index (χ2n) is 4.31. The average Bonchev–Trinajstić information content (AvgIpc) is 2.52. The third-order valence-corrected chi connectivity index (χ3v) is 2.77. The van der Waals surface area contributed by atoms with Crippen LogP contribution in [0, 0.1) is 0 Å². The standard InChI is InChI=1S/C16H20O5/c1-4-5-10-21-13-8-6-12(7-9-13)11-14(15(17)19-2)16(18)20-3/h6-9,11H,4-5,10H2,1-3H3. The van der Waals surface area contributed by atoms with Gasteiger partial charge in [0.1, 0.15) is 11.3 Å². The van der Waals surface area contributed by atoms with Gasteiger partial charge in [0, 0.05) is 0 Å². The van der Waals surface area contributed by atoms with Crippen molar-refractivity contribution >= 4 is 18.0 Å². The SMILES string of the molecule is CCCCOc1ccc(C=C(C(=O)OC)C(=O)OC)cc1. The Morgan fingerprint density at radius 3 is 2.10 bits per heavy atom. The van der Waals surface area contributed by atoms with Gasteiger partial charge in [0.15, 0.2) is 0 Å². The molecule has 0 amide bonds. The van der Waals surface area contributed by atoms with Crippen LogP contribution >= 0.6 is 0 Å². The Hall–Kier alpha value is -2.30. The molecule has 1 aromatic carbocycles. The van der Waals surface area contributed by atoms with Crippen LogP contribution in [-0.4, -0.2) is 32.8 Å². The third-order valence-electron chi connectivity index (χ3n) is 2.77. The lowest BCUT2D eigenvalue weighted by Gasteiger charge is -2.06. The minimum absolute atomic E-state index is 0.153. The van der Waals surface area contributed by atoms with E-state index >= 15 is 0 Å². The van der Waals surface area contributed by atoms with E-state index in [0.29, 0.717) is 12.2 Å². The molecule has 0 N–H and O–H groups in total. The molecule has 0 spiro atoms. The van der Waals surface area contributed by atoms with Crippen LogP contribution in [0.4, 0.5) is 0 Å². The first-order chi connectivity index (χ1) is 10.1.